The van der Waals surface area contributed by atoms with Crippen LogP contribution in [0.4, 0.5) is 10.5 Å². The van der Waals surface area contributed by atoms with Gasteiger partial charge in [0.15, 0.2) is 0 Å². The molecule has 0 spiro atoms. The van der Waals surface area contributed by atoms with Gasteiger partial charge < -0.3 is 9.80 Å². The first-order valence-electron chi connectivity index (χ1n) is 11.1. The maximum atomic E-state index is 13.7. The average Bonchev–Trinajstić information content (AvgIpc) is 3.15. The summed E-state index contributed by atoms with van der Waals surface area (Å²) < 4.78 is 0. The number of halogens is 2. The Morgan fingerprint density at radius 2 is 1.88 bits per heavy atom. The van der Waals surface area contributed by atoms with E-state index >= 15 is 0 Å². The lowest BCUT2D eigenvalue weighted by atomic mass is 10.0. The maximum Gasteiger partial charge on any atom is 0.328 e. The molecule has 174 valence electrons. The summed E-state index contributed by atoms with van der Waals surface area (Å²) in [4.78, 5) is 34.4. The van der Waals surface area contributed by atoms with Gasteiger partial charge in [-0.1, -0.05) is 48.3 Å². The average molecular weight is 488 g/mol. The lowest BCUT2D eigenvalue weighted by molar-refractivity contribution is -0.139. The van der Waals surface area contributed by atoms with E-state index in [2.05, 4.69) is 53.2 Å². The Morgan fingerprint density at radius 1 is 1.09 bits per heavy atom. The zero-order chi connectivity index (χ0) is 23.4. The van der Waals surface area contributed by atoms with Crippen LogP contribution in [0.25, 0.3) is 0 Å². The first-order chi connectivity index (χ1) is 15.7. The largest absolute Gasteiger partial charge is 0.343 e. The molecule has 9 heteroatoms. The van der Waals surface area contributed by atoms with Gasteiger partial charge in [-0.05, 0) is 48.2 Å². The summed E-state index contributed by atoms with van der Waals surface area (Å²) in [7, 11) is 1.74. The molecule has 0 bridgehead atoms. The van der Waals surface area contributed by atoms with E-state index in [4.69, 9.17) is 23.2 Å². The number of nitrogens with zero attached hydrogens (tertiary/aromatic N) is 4. The van der Waals surface area contributed by atoms with Crippen LogP contribution in [0.5, 0.6) is 0 Å². The summed E-state index contributed by atoms with van der Waals surface area (Å²) in [6.07, 6.45) is -0.569. The number of hydrogen-bond donors (Lipinski definition) is 1. The molecule has 3 aliphatic rings. The van der Waals surface area contributed by atoms with Gasteiger partial charge in [-0.15, -0.1) is 0 Å². The number of nitrogens with one attached hydrogen (secondary N) is 1. The molecule has 2 aromatic carbocycles. The molecule has 0 aliphatic carbocycles. The highest BCUT2D eigenvalue weighted by atomic mass is 35.5. The smallest absolute Gasteiger partial charge is 0.328 e. The predicted molar refractivity (Wildman–Crippen MR) is 129 cm³/mol. The SMILES string of the molecule is Cc1cccc(N2CC(C)CN3C4C(=O)N(Cc5ccc(Cl)cc5Cl)C(=O)N(C)C4NC23)c1. The van der Waals surface area contributed by atoms with Crippen LogP contribution in [0, 0.1) is 12.8 Å². The van der Waals surface area contributed by atoms with E-state index < -0.39 is 12.2 Å². The molecule has 7 nitrogen and oxygen atoms in total. The van der Waals surface area contributed by atoms with Crippen LogP contribution < -0.4 is 10.2 Å². The minimum atomic E-state index is -0.473. The Balaban J connectivity index is 1.46. The second-order valence-electron chi connectivity index (χ2n) is 9.28. The van der Waals surface area contributed by atoms with Crippen LogP contribution in [0.2, 0.25) is 10.0 Å². The summed E-state index contributed by atoms with van der Waals surface area (Å²) >= 11 is 12.4. The van der Waals surface area contributed by atoms with Gasteiger partial charge in [-0.2, -0.15) is 0 Å². The normalized spacial score (nSPS) is 27.7. The monoisotopic (exact) mass is 487 g/mol. The van der Waals surface area contributed by atoms with E-state index in [0.717, 1.165) is 18.8 Å². The van der Waals surface area contributed by atoms with E-state index in [0.29, 0.717) is 21.5 Å². The van der Waals surface area contributed by atoms with Crippen molar-refractivity contribution in [1.29, 1.82) is 0 Å². The van der Waals surface area contributed by atoms with Gasteiger partial charge in [-0.25, -0.2) is 4.79 Å². The summed E-state index contributed by atoms with van der Waals surface area (Å²) in [5, 5.41) is 4.51. The third kappa shape index (κ3) is 3.87. The number of likely N-dealkylation sites (N-methyl/N-ethyl adjacent to an activating group) is 1. The number of carbonyl (C=O) groups excluding carboxylic acids is 2. The minimum Gasteiger partial charge on any atom is -0.343 e. The van der Waals surface area contributed by atoms with Crippen LogP contribution >= 0.6 is 23.2 Å². The summed E-state index contributed by atoms with van der Waals surface area (Å²) in [6, 6.07) is 12.7. The van der Waals surface area contributed by atoms with Gasteiger partial charge in [0.2, 0.25) is 0 Å². The molecule has 5 rings (SSSR count). The van der Waals surface area contributed by atoms with Crippen LogP contribution in [-0.4, -0.2) is 65.3 Å². The lowest BCUT2D eigenvalue weighted by Crippen LogP contribution is -2.66. The zero-order valence-electron chi connectivity index (χ0n) is 18.8. The van der Waals surface area contributed by atoms with Gasteiger partial charge in [0.05, 0.1) is 6.54 Å². The number of imide groups is 1. The molecule has 0 radical (unpaired) electrons. The van der Waals surface area contributed by atoms with Crippen molar-refractivity contribution in [2.75, 3.05) is 25.0 Å². The maximum absolute atomic E-state index is 13.7. The third-order valence-electron chi connectivity index (χ3n) is 6.76. The standard InChI is InChI=1S/C24H27Cl2N5O2/c1-14-5-4-6-18(9-14)29-11-15(2)12-30-20-21(27-23(29)30)28(3)24(33)31(22(20)32)13-16-7-8-17(25)10-19(16)26/h4-10,15,20-21,23,27H,11-13H2,1-3H3. The molecular weight excluding hydrogens is 461 g/mol. The summed E-state index contributed by atoms with van der Waals surface area (Å²) in [5.41, 5.74) is 2.97. The number of fused-ring (bicyclic) bond motifs is 3. The fourth-order valence-electron chi connectivity index (χ4n) is 5.19. The van der Waals surface area contributed by atoms with Gasteiger partial charge in [0.25, 0.3) is 5.91 Å². The molecule has 2 aromatic rings. The van der Waals surface area contributed by atoms with Crippen LogP contribution in [-0.2, 0) is 11.3 Å². The lowest BCUT2D eigenvalue weighted by Gasteiger charge is -2.46. The second kappa shape index (κ2) is 8.47. The molecule has 1 N–H and O–H groups in total. The fourth-order valence-corrected chi connectivity index (χ4v) is 5.66. The molecular formula is C24H27Cl2N5O2. The third-order valence-corrected chi connectivity index (χ3v) is 7.35. The van der Waals surface area contributed by atoms with Crippen molar-refractivity contribution >= 4 is 40.8 Å². The van der Waals surface area contributed by atoms with Crippen LogP contribution in [0.3, 0.4) is 0 Å². The topological polar surface area (TPSA) is 59.1 Å². The van der Waals surface area contributed by atoms with Crippen molar-refractivity contribution in [3.05, 3.63) is 63.6 Å². The second-order valence-corrected chi connectivity index (χ2v) is 10.1. The Kier molecular flexibility index (Phi) is 5.77. The van der Waals surface area contributed by atoms with E-state index in [1.54, 1.807) is 30.1 Å². The first-order valence-corrected chi connectivity index (χ1v) is 11.9. The minimum absolute atomic E-state index is 0.108. The van der Waals surface area contributed by atoms with Crippen LogP contribution in [0.1, 0.15) is 18.1 Å². The molecule has 3 fully saturated rings. The van der Waals surface area contributed by atoms with Gasteiger partial charge in [0, 0.05) is 35.9 Å². The molecule has 4 atom stereocenters. The van der Waals surface area contributed by atoms with E-state index in [1.165, 1.54) is 10.5 Å². The summed E-state index contributed by atoms with van der Waals surface area (Å²) in [6.45, 7) is 6.01. The zero-order valence-corrected chi connectivity index (χ0v) is 20.3. The highest BCUT2D eigenvalue weighted by Gasteiger charge is 2.56. The number of benzene rings is 2. The molecule has 0 aromatic heterocycles. The molecule has 33 heavy (non-hydrogen) atoms. The molecule has 3 aliphatic heterocycles. The molecule has 3 amide bonds. The van der Waals surface area contributed by atoms with E-state index in [-0.39, 0.29) is 24.8 Å². The quantitative estimate of drug-likeness (QED) is 0.714. The van der Waals surface area contributed by atoms with Gasteiger partial charge in [0.1, 0.15) is 18.5 Å². The Hall–Kier alpha value is -2.32. The van der Waals surface area contributed by atoms with E-state index in [9.17, 15) is 9.59 Å². The Labute approximate surface area is 203 Å². The van der Waals surface area contributed by atoms with Gasteiger partial charge in [-0.3, -0.25) is 19.9 Å². The summed E-state index contributed by atoms with van der Waals surface area (Å²) in [5.74, 6) is 0.152. The van der Waals surface area contributed by atoms with Crippen molar-refractivity contribution in [3.8, 4) is 0 Å². The van der Waals surface area contributed by atoms with Crippen molar-refractivity contribution in [1.82, 2.24) is 20.0 Å². The number of aryl methyl sites for hydroxylation is 1. The Morgan fingerprint density at radius 3 is 2.61 bits per heavy atom. The number of urea groups is 1. The fraction of sp³-hybridized carbons (Fsp3) is 0.417. The molecule has 3 saturated heterocycles. The number of hydrogen-bond acceptors (Lipinski definition) is 5. The predicted octanol–water partition coefficient (Wildman–Crippen LogP) is 3.74. The van der Waals surface area contributed by atoms with Crippen molar-refractivity contribution < 1.29 is 9.59 Å². The highest BCUT2D eigenvalue weighted by molar-refractivity contribution is 6.35. The number of rotatable bonds is 3. The van der Waals surface area contributed by atoms with Crippen molar-refractivity contribution in [2.24, 2.45) is 5.92 Å². The first kappa shape index (κ1) is 22.5. The molecule has 0 saturated carbocycles. The highest BCUT2D eigenvalue weighted by Crippen LogP contribution is 2.35. The number of anilines is 1. The Bertz CT molecular complexity index is 1110. The molecule has 3 heterocycles. The number of amides is 3. The van der Waals surface area contributed by atoms with Gasteiger partial charge >= 0.3 is 6.03 Å². The van der Waals surface area contributed by atoms with Crippen LogP contribution in [0.15, 0.2) is 42.5 Å². The van der Waals surface area contributed by atoms with Crippen molar-refractivity contribution in [2.45, 2.75) is 38.9 Å². The van der Waals surface area contributed by atoms with Crippen molar-refractivity contribution in [3.63, 3.8) is 0 Å². The molecule has 4 unspecified atom stereocenters. The number of carbonyl (C=O) groups is 2. The van der Waals surface area contributed by atoms with E-state index in [1.807, 2.05) is 0 Å².